The summed E-state index contributed by atoms with van der Waals surface area (Å²) in [6.45, 7) is 0. The third-order valence-corrected chi connectivity index (χ3v) is 1.48. The molecule has 84 valence electrons. The zero-order valence-electron chi connectivity index (χ0n) is 7.54. The number of amides is 1. The van der Waals surface area contributed by atoms with Crippen LogP contribution in [0, 0.1) is 0 Å². The van der Waals surface area contributed by atoms with E-state index in [1.54, 1.807) is 12.3 Å². The van der Waals surface area contributed by atoms with Crippen LogP contribution in [0.15, 0.2) is 12.3 Å². The van der Waals surface area contributed by atoms with E-state index in [4.69, 9.17) is 28.3 Å². The van der Waals surface area contributed by atoms with E-state index in [2.05, 4.69) is 15.5 Å². The number of alkyl halides is 2. The molecule has 0 aliphatic carbocycles. The van der Waals surface area contributed by atoms with Crippen molar-refractivity contribution < 1.29 is 14.7 Å². The van der Waals surface area contributed by atoms with Gasteiger partial charge >= 0.3 is 5.97 Å². The molecule has 6 nitrogen and oxygen atoms in total. The van der Waals surface area contributed by atoms with Gasteiger partial charge in [0.15, 0.2) is 0 Å². The molecule has 1 heterocycles. The van der Waals surface area contributed by atoms with Gasteiger partial charge in [-0.15, -0.1) is 23.2 Å². The molecule has 0 saturated heterocycles. The molecule has 0 bridgehead atoms. The highest BCUT2D eigenvalue weighted by Crippen LogP contribution is 1.97. The minimum absolute atomic E-state index is 0.0426. The lowest BCUT2D eigenvalue weighted by atomic mass is 10.6. The SMILES string of the molecule is O=C(CCl)Nc1ccn[nH]1.O=C(O)CCl. The second kappa shape index (κ2) is 8.07. The van der Waals surface area contributed by atoms with E-state index in [0.29, 0.717) is 5.82 Å². The van der Waals surface area contributed by atoms with Gasteiger partial charge in [0.25, 0.3) is 0 Å². The quantitative estimate of drug-likeness (QED) is 0.698. The number of hydrogen-bond acceptors (Lipinski definition) is 3. The van der Waals surface area contributed by atoms with Gasteiger partial charge in [-0.2, -0.15) is 5.10 Å². The molecule has 15 heavy (non-hydrogen) atoms. The number of H-pyrrole nitrogens is 1. The molecule has 1 rings (SSSR count). The predicted molar refractivity (Wildman–Crippen MR) is 56.3 cm³/mol. The predicted octanol–water partition coefficient (Wildman–Crippen LogP) is 0.897. The Morgan fingerprint density at radius 1 is 1.47 bits per heavy atom. The average Bonchev–Trinajstić information content (AvgIpc) is 2.71. The topological polar surface area (TPSA) is 95.1 Å². The number of carboxylic acid groups (broad SMARTS) is 1. The first-order chi connectivity index (χ1) is 7.10. The summed E-state index contributed by atoms with van der Waals surface area (Å²) in [5, 5.41) is 16.3. The van der Waals surface area contributed by atoms with Crippen molar-refractivity contribution >= 4 is 40.9 Å². The van der Waals surface area contributed by atoms with E-state index >= 15 is 0 Å². The molecular weight excluding hydrogens is 245 g/mol. The van der Waals surface area contributed by atoms with E-state index < -0.39 is 5.97 Å². The van der Waals surface area contributed by atoms with Crippen LogP contribution >= 0.6 is 23.2 Å². The number of rotatable bonds is 3. The molecule has 3 N–H and O–H groups in total. The normalized spacial score (nSPS) is 8.67. The van der Waals surface area contributed by atoms with Gasteiger partial charge in [-0.1, -0.05) is 0 Å². The van der Waals surface area contributed by atoms with Crippen molar-refractivity contribution in [2.45, 2.75) is 0 Å². The van der Waals surface area contributed by atoms with Gasteiger partial charge in [0.05, 0.1) is 6.20 Å². The smallest absolute Gasteiger partial charge is 0.318 e. The summed E-state index contributed by atoms with van der Waals surface area (Å²) in [7, 11) is 0. The number of aromatic nitrogens is 2. The standard InChI is InChI=1S/C5H6ClN3O.C2H3ClO2/c6-3-5(10)8-4-1-2-7-9-4;3-1-2(4)5/h1-2H,3H2,(H2,7,8,9,10);1H2,(H,4,5). The summed E-state index contributed by atoms with van der Waals surface area (Å²) in [6.07, 6.45) is 1.55. The van der Waals surface area contributed by atoms with Crippen LogP contribution in [0.1, 0.15) is 0 Å². The lowest BCUT2D eigenvalue weighted by molar-refractivity contribution is -0.134. The van der Waals surface area contributed by atoms with Crippen molar-refractivity contribution in [2.24, 2.45) is 0 Å². The van der Waals surface area contributed by atoms with Crippen LogP contribution in [0.25, 0.3) is 0 Å². The van der Waals surface area contributed by atoms with E-state index in [1.807, 2.05) is 0 Å². The van der Waals surface area contributed by atoms with Crippen molar-refractivity contribution in [1.29, 1.82) is 0 Å². The van der Waals surface area contributed by atoms with E-state index in [-0.39, 0.29) is 17.7 Å². The van der Waals surface area contributed by atoms with Crippen LogP contribution in [0.5, 0.6) is 0 Å². The van der Waals surface area contributed by atoms with Gasteiger partial charge < -0.3 is 10.4 Å². The van der Waals surface area contributed by atoms with Crippen molar-refractivity contribution in [3.63, 3.8) is 0 Å². The fraction of sp³-hybridized carbons (Fsp3) is 0.286. The third-order valence-electron chi connectivity index (χ3n) is 1.01. The van der Waals surface area contributed by atoms with Crippen molar-refractivity contribution in [3.05, 3.63) is 12.3 Å². The number of anilines is 1. The van der Waals surface area contributed by atoms with E-state index in [1.165, 1.54) is 0 Å². The molecular formula is C7H9Cl2N3O3. The number of nitrogens with one attached hydrogen (secondary N) is 2. The second-order valence-corrected chi connectivity index (χ2v) is 2.71. The maximum absolute atomic E-state index is 10.6. The fourth-order valence-electron chi connectivity index (χ4n) is 0.509. The van der Waals surface area contributed by atoms with Crippen LogP contribution in [0.4, 0.5) is 5.82 Å². The zero-order valence-corrected chi connectivity index (χ0v) is 9.05. The summed E-state index contributed by atoms with van der Waals surface area (Å²) in [6, 6.07) is 1.64. The number of carboxylic acids is 1. The Morgan fingerprint density at radius 2 is 2.07 bits per heavy atom. The Kier molecular flexibility index (Phi) is 7.39. The molecule has 0 atom stereocenters. The van der Waals surface area contributed by atoms with Crippen LogP contribution in [-0.4, -0.2) is 38.9 Å². The average molecular weight is 254 g/mol. The molecule has 0 unspecified atom stereocenters. The van der Waals surface area contributed by atoms with Gasteiger partial charge in [-0.3, -0.25) is 14.7 Å². The molecule has 0 aliphatic rings. The van der Waals surface area contributed by atoms with Crippen molar-refractivity contribution in [3.8, 4) is 0 Å². The first-order valence-electron chi connectivity index (χ1n) is 3.73. The van der Waals surface area contributed by atoms with Gasteiger partial charge in [0.1, 0.15) is 17.6 Å². The van der Waals surface area contributed by atoms with Gasteiger partial charge in [-0.25, -0.2) is 0 Å². The first-order valence-corrected chi connectivity index (χ1v) is 4.80. The summed E-state index contributed by atoms with van der Waals surface area (Å²) in [4.78, 5) is 19.8. The summed E-state index contributed by atoms with van der Waals surface area (Å²) >= 11 is 9.96. The minimum atomic E-state index is -0.980. The Morgan fingerprint density at radius 3 is 2.40 bits per heavy atom. The van der Waals surface area contributed by atoms with Crippen LogP contribution in [0.3, 0.4) is 0 Å². The maximum atomic E-state index is 10.6. The number of aliphatic carboxylic acids is 1. The van der Waals surface area contributed by atoms with Crippen LogP contribution < -0.4 is 5.32 Å². The number of halogens is 2. The van der Waals surface area contributed by atoms with Crippen LogP contribution in [-0.2, 0) is 9.59 Å². The second-order valence-electron chi connectivity index (χ2n) is 2.18. The first kappa shape index (κ1) is 13.7. The number of carbonyl (C=O) groups excluding carboxylic acids is 1. The van der Waals surface area contributed by atoms with Gasteiger partial charge in [0, 0.05) is 6.07 Å². The molecule has 0 aliphatic heterocycles. The number of nitrogens with zero attached hydrogens (tertiary/aromatic N) is 1. The third kappa shape index (κ3) is 7.77. The summed E-state index contributed by atoms with van der Waals surface area (Å²) in [5.41, 5.74) is 0. The Balaban J connectivity index is 0.000000336. The highest BCUT2D eigenvalue weighted by atomic mass is 35.5. The lowest BCUT2D eigenvalue weighted by Crippen LogP contribution is -2.12. The largest absolute Gasteiger partial charge is 0.480 e. The molecule has 0 aromatic carbocycles. The summed E-state index contributed by atoms with van der Waals surface area (Å²) < 4.78 is 0. The van der Waals surface area contributed by atoms with Gasteiger partial charge in [0.2, 0.25) is 5.91 Å². The molecule has 0 radical (unpaired) electrons. The van der Waals surface area contributed by atoms with E-state index in [9.17, 15) is 9.59 Å². The number of hydrogen-bond donors (Lipinski definition) is 3. The van der Waals surface area contributed by atoms with Crippen molar-refractivity contribution in [2.75, 3.05) is 17.1 Å². The Bertz CT molecular complexity index is 302. The number of aromatic amines is 1. The zero-order chi connectivity index (χ0) is 11.7. The highest BCUT2D eigenvalue weighted by molar-refractivity contribution is 6.29. The Hall–Kier alpha value is -1.27. The minimum Gasteiger partial charge on any atom is -0.480 e. The highest BCUT2D eigenvalue weighted by Gasteiger charge is 1.98. The molecule has 0 spiro atoms. The maximum Gasteiger partial charge on any atom is 0.318 e. The van der Waals surface area contributed by atoms with E-state index in [0.717, 1.165) is 0 Å². The molecule has 1 aromatic heterocycles. The summed E-state index contributed by atoms with van der Waals surface area (Å²) in [5.74, 6) is -1.01. The molecule has 8 heteroatoms. The monoisotopic (exact) mass is 253 g/mol. The number of carbonyl (C=O) groups is 2. The molecule has 1 amide bonds. The Labute approximate surface area is 95.6 Å². The lowest BCUT2D eigenvalue weighted by Gasteiger charge is -1.95. The fourth-order valence-corrected chi connectivity index (χ4v) is 0.576. The molecule has 0 saturated carbocycles. The molecule has 1 aromatic rings. The molecule has 0 fully saturated rings. The van der Waals surface area contributed by atoms with Crippen LogP contribution in [0.2, 0.25) is 0 Å². The van der Waals surface area contributed by atoms with Crippen molar-refractivity contribution in [1.82, 2.24) is 10.2 Å². The van der Waals surface area contributed by atoms with Gasteiger partial charge in [-0.05, 0) is 0 Å².